The number of amides is 1. The number of hydrogen-bond acceptors (Lipinski definition) is 7. The molecule has 1 amide bonds. The van der Waals surface area contributed by atoms with Gasteiger partial charge >= 0.3 is 5.97 Å². The van der Waals surface area contributed by atoms with Crippen LogP contribution in [0, 0.1) is 0 Å². The molecule has 0 bridgehead atoms. The van der Waals surface area contributed by atoms with Crippen molar-refractivity contribution in [2.24, 2.45) is 5.73 Å². The van der Waals surface area contributed by atoms with Gasteiger partial charge < -0.3 is 30.0 Å². The third kappa shape index (κ3) is 10.7. The lowest BCUT2D eigenvalue weighted by atomic mass is 10.1. The Kier molecular flexibility index (Phi) is 11.5. The number of esters is 1. The molecule has 0 aromatic heterocycles. The lowest BCUT2D eigenvalue weighted by Gasteiger charge is -2.21. The predicted octanol–water partition coefficient (Wildman–Crippen LogP) is 4.12. The van der Waals surface area contributed by atoms with E-state index in [0.717, 1.165) is 15.6 Å². The molecule has 0 saturated carbocycles. The van der Waals surface area contributed by atoms with Crippen LogP contribution in [0.4, 0.5) is 0 Å². The zero-order valence-electron chi connectivity index (χ0n) is 20.8. The van der Waals surface area contributed by atoms with E-state index in [2.05, 4.69) is 21.2 Å². The van der Waals surface area contributed by atoms with E-state index < -0.39 is 17.6 Å². The minimum atomic E-state index is -0.714. The van der Waals surface area contributed by atoms with Gasteiger partial charge in [0.25, 0.3) is 0 Å². The predicted molar refractivity (Wildman–Crippen MR) is 137 cm³/mol. The number of nitrogens with two attached hydrogens (primary N) is 1. The molecule has 2 aromatic rings. The second-order valence-corrected chi connectivity index (χ2v) is 9.81. The van der Waals surface area contributed by atoms with E-state index in [0.29, 0.717) is 31.3 Å². The first-order chi connectivity index (χ1) is 16.6. The number of methoxy groups -OCH3 is 1. The number of nitrogens with one attached hydrogen (secondary N) is 1. The average Bonchev–Trinajstić information content (AvgIpc) is 2.78. The van der Waals surface area contributed by atoms with E-state index in [1.165, 1.54) is 0 Å². The molecule has 8 nitrogen and oxygen atoms in total. The van der Waals surface area contributed by atoms with Gasteiger partial charge in [-0.1, -0.05) is 46.3 Å². The Hall–Kier alpha value is -2.62. The summed E-state index contributed by atoms with van der Waals surface area (Å²) in [7, 11) is 1.61. The summed E-state index contributed by atoms with van der Waals surface area (Å²) in [5.41, 5.74) is 6.81. The number of hydrogen-bond donors (Lipinski definition) is 2. The first-order valence-corrected chi connectivity index (χ1v) is 12.2. The van der Waals surface area contributed by atoms with Crippen LogP contribution in [0.2, 0.25) is 0 Å². The molecule has 0 saturated heterocycles. The molecule has 2 aromatic carbocycles. The molecule has 35 heavy (non-hydrogen) atoms. The van der Waals surface area contributed by atoms with Crippen molar-refractivity contribution in [2.75, 3.05) is 20.3 Å². The van der Waals surface area contributed by atoms with E-state index in [4.69, 9.17) is 24.7 Å². The molecule has 1 atom stereocenters. The van der Waals surface area contributed by atoms with Crippen LogP contribution in [-0.2, 0) is 32.2 Å². The molecule has 0 fully saturated rings. The molecule has 0 aliphatic carbocycles. The Morgan fingerprint density at radius 2 is 1.80 bits per heavy atom. The maximum atomic E-state index is 12.1. The zero-order valence-corrected chi connectivity index (χ0v) is 22.4. The van der Waals surface area contributed by atoms with Crippen molar-refractivity contribution in [1.82, 2.24) is 5.32 Å². The van der Waals surface area contributed by atoms with Crippen molar-refractivity contribution >= 4 is 27.8 Å². The summed E-state index contributed by atoms with van der Waals surface area (Å²) in [5.74, 6) is 0.294. The lowest BCUT2D eigenvalue weighted by molar-refractivity contribution is -0.155. The van der Waals surface area contributed by atoms with Crippen LogP contribution in [-0.4, -0.2) is 43.8 Å². The normalized spacial score (nSPS) is 12.1. The standard InChI is InChI=1S/C26H35BrN2O6/c1-26(2,3)35-24(30)11-10-22(25(28)31)29-16-20-21(27)14-19(33-13-12-32-4)15-23(20)34-17-18-8-6-5-7-9-18/h5-9,14-15,22,29H,10-13,16-17H2,1-4H3,(H2,28,31)/t22-/m0/s1. The van der Waals surface area contributed by atoms with Crippen molar-refractivity contribution in [3.05, 3.63) is 58.1 Å². The first-order valence-electron chi connectivity index (χ1n) is 11.4. The Morgan fingerprint density at radius 3 is 2.43 bits per heavy atom. The smallest absolute Gasteiger partial charge is 0.306 e. The third-order valence-electron chi connectivity index (χ3n) is 4.85. The summed E-state index contributed by atoms with van der Waals surface area (Å²) in [4.78, 5) is 24.1. The molecule has 2 rings (SSSR count). The summed E-state index contributed by atoms with van der Waals surface area (Å²) in [5, 5.41) is 3.15. The highest BCUT2D eigenvalue weighted by Crippen LogP contribution is 2.33. The number of ether oxygens (including phenoxy) is 4. The molecule has 0 spiro atoms. The Labute approximate surface area is 215 Å². The van der Waals surface area contributed by atoms with Crippen molar-refractivity contribution in [3.63, 3.8) is 0 Å². The van der Waals surface area contributed by atoms with Crippen molar-refractivity contribution in [2.45, 2.75) is 58.4 Å². The van der Waals surface area contributed by atoms with Gasteiger partial charge in [0, 0.05) is 36.2 Å². The van der Waals surface area contributed by atoms with Crippen LogP contribution in [0.5, 0.6) is 11.5 Å². The molecule has 0 heterocycles. The number of primary amides is 1. The fourth-order valence-electron chi connectivity index (χ4n) is 3.17. The maximum Gasteiger partial charge on any atom is 0.306 e. The van der Waals surface area contributed by atoms with Gasteiger partial charge in [-0.05, 0) is 38.8 Å². The van der Waals surface area contributed by atoms with Gasteiger partial charge in [0.05, 0.1) is 12.6 Å². The molecule has 9 heteroatoms. The van der Waals surface area contributed by atoms with Gasteiger partial charge in [-0.2, -0.15) is 0 Å². The van der Waals surface area contributed by atoms with Gasteiger partial charge in [-0.15, -0.1) is 0 Å². The minimum Gasteiger partial charge on any atom is -0.491 e. The van der Waals surface area contributed by atoms with Gasteiger partial charge in [-0.25, -0.2) is 0 Å². The highest BCUT2D eigenvalue weighted by atomic mass is 79.9. The average molecular weight is 551 g/mol. The third-order valence-corrected chi connectivity index (χ3v) is 5.55. The van der Waals surface area contributed by atoms with Crippen molar-refractivity contribution in [3.8, 4) is 11.5 Å². The highest BCUT2D eigenvalue weighted by molar-refractivity contribution is 9.10. The SMILES string of the molecule is COCCOc1cc(Br)c(CN[C@@H](CCC(=O)OC(C)(C)C)C(N)=O)c(OCc2ccccc2)c1. The number of carbonyl (C=O) groups is 2. The quantitative estimate of drug-likeness (QED) is 0.269. The molecular weight excluding hydrogens is 516 g/mol. The largest absolute Gasteiger partial charge is 0.491 e. The monoisotopic (exact) mass is 550 g/mol. The van der Waals surface area contributed by atoms with E-state index in [1.807, 2.05) is 36.4 Å². The molecule has 192 valence electrons. The van der Waals surface area contributed by atoms with Crippen molar-refractivity contribution in [1.29, 1.82) is 0 Å². The first kappa shape index (κ1) is 28.6. The van der Waals surface area contributed by atoms with Crippen LogP contribution >= 0.6 is 15.9 Å². The van der Waals surface area contributed by atoms with Gasteiger partial charge in [0.1, 0.15) is 30.3 Å². The molecular formula is C26H35BrN2O6. The second-order valence-electron chi connectivity index (χ2n) is 8.96. The van der Waals surface area contributed by atoms with Crippen LogP contribution in [0.25, 0.3) is 0 Å². The fraction of sp³-hybridized carbons (Fsp3) is 0.462. The fourth-order valence-corrected chi connectivity index (χ4v) is 3.74. The number of rotatable bonds is 14. The van der Waals surface area contributed by atoms with E-state index in [-0.39, 0.29) is 25.4 Å². The maximum absolute atomic E-state index is 12.1. The summed E-state index contributed by atoms with van der Waals surface area (Å²) in [6.45, 7) is 6.89. The van der Waals surface area contributed by atoms with Crippen LogP contribution in [0.15, 0.2) is 46.9 Å². The highest BCUT2D eigenvalue weighted by Gasteiger charge is 2.22. The van der Waals surface area contributed by atoms with E-state index in [1.54, 1.807) is 33.9 Å². The summed E-state index contributed by atoms with van der Waals surface area (Å²) < 4.78 is 23.0. The molecule has 3 N–H and O–H groups in total. The Morgan fingerprint density at radius 1 is 1.09 bits per heavy atom. The zero-order chi connectivity index (χ0) is 25.8. The van der Waals surface area contributed by atoms with Crippen LogP contribution in [0.1, 0.15) is 44.7 Å². The van der Waals surface area contributed by atoms with Gasteiger partial charge in [0.2, 0.25) is 5.91 Å². The molecule has 0 aliphatic rings. The van der Waals surface area contributed by atoms with E-state index in [9.17, 15) is 9.59 Å². The summed E-state index contributed by atoms with van der Waals surface area (Å²) in [6.07, 6.45) is 0.295. The van der Waals surface area contributed by atoms with E-state index >= 15 is 0 Å². The van der Waals surface area contributed by atoms with Crippen LogP contribution in [0.3, 0.4) is 0 Å². The molecule has 0 radical (unpaired) electrons. The summed E-state index contributed by atoms with van der Waals surface area (Å²) in [6, 6.07) is 12.7. The van der Waals surface area contributed by atoms with Crippen molar-refractivity contribution < 1.29 is 28.5 Å². The Balaban J connectivity index is 2.14. The minimum absolute atomic E-state index is 0.0721. The lowest BCUT2D eigenvalue weighted by Crippen LogP contribution is -2.41. The number of halogens is 1. The second kappa shape index (κ2) is 14.1. The van der Waals surface area contributed by atoms with Crippen LogP contribution < -0.4 is 20.5 Å². The summed E-state index contributed by atoms with van der Waals surface area (Å²) >= 11 is 3.59. The molecule has 0 aliphatic heterocycles. The number of benzene rings is 2. The Bertz CT molecular complexity index is 962. The number of carbonyl (C=O) groups excluding carboxylic acids is 2. The van der Waals surface area contributed by atoms with Gasteiger partial charge in [-0.3, -0.25) is 9.59 Å². The van der Waals surface area contributed by atoms with Gasteiger partial charge in [0.15, 0.2) is 0 Å². The molecule has 0 unspecified atom stereocenters. The topological polar surface area (TPSA) is 109 Å².